The van der Waals surface area contributed by atoms with Crippen molar-refractivity contribution in [1.29, 1.82) is 5.26 Å². The van der Waals surface area contributed by atoms with Crippen LogP contribution in [0.25, 0.3) is 0 Å². The van der Waals surface area contributed by atoms with Crippen molar-refractivity contribution in [2.75, 3.05) is 32.8 Å². The molecule has 142 valence electrons. The normalized spacial score (nSPS) is 20.3. The molecular weight excluding hydrogens is 372 g/mol. The number of aliphatic hydroxyl groups is 1. The number of aromatic nitrogens is 2. The van der Waals surface area contributed by atoms with Crippen LogP contribution in [0, 0.1) is 11.3 Å². The van der Waals surface area contributed by atoms with E-state index in [-0.39, 0.29) is 18.4 Å². The van der Waals surface area contributed by atoms with Crippen LogP contribution in [0.2, 0.25) is 5.15 Å². The molecule has 0 saturated carbocycles. The SMILES string of the molecule is COCC1(COC)Oc2ccc(C#N)cc2[C@@H](Nc2ccc(Cl)nn2)[C@@H]1O. The van der Waals surface area contributed by atoms with Crippen LogP contribution >= 0.6 is 11.6 Å². The Morgan fingerprint density at radius 3 is 2.59 bits per heavy atom. The van der Waals surface area contributed by atoms with Crippen molar-refractivity contribution >= 4 is 17.4 Å². The Labute approximate surface area is 161 Å². The van der Waals surface area contributed by atoms with Crippen molar-refractivity contribution < 1.29 is 19.3 Å². The van der Waals surface area contributed by atoms with Gasteiger partial charge in [-0.2, -0.15) is 5.26 Å². The Morgan fingerprint density at radius 1 is 1.26 bits per heavy atom. The number of anilines is 1. The Bertz CT molecular complexity index is 834. The molecule has 2 aromatic rings. The number of rotatable bonds is 6. The van der Waals surface area contributed by atoms with Crippen molar-refractivity contribution in [2.24, 2.45) is 0 Å². The number of benzene rings is 1. The largest absolute Gasteiger partial charge is 0.479 e. The van der Waals surface area contributed by atoms with Crippen molar-refractivity contribution in [1.82, 2.24) is 10.2 Å². The van der Waals surface area contributed by atoms with E-state index in [2.05, 4.69) is 21.6 Å². The fraction of sp³-hybridized carbons (Fsp3) is 0.389. The van der Waals surface area contributed by atoms with Gasteiger partial charge in [-0.05, 0) is 30.3 Å². The molecule has 0 spiro atoms. The standard InChI is InChI=1S/C18H19ClN4O4/c1-25-9-18(10-26-2)17(24)16(21-15-6-5-14(19)22-23-15)12-7-11(8-20)3-4-13(12)27-18/h3-7,16-17,24H,9-10H2,1-2H3,(H,21,23)/t16-,17+/m1/s1. The van der Waals surface area contributed by atoms with Crippen molar-refractivity contribution in [3.8, 4) is 11.8 Å². The number of nitriles is 1. The molecule has 1 aliphatic heterocycles. The molecule has 2 heterocycles. The van der Waals surface area contributed by atoms with Crippen LogP contribution in [-0.4, -0.2) is 54.4 Å². The van der Waals surface area contributed by atoms with Gasteiger partial charge in [0.15, 0.2) is 10.8 Å². The van der Waals surface area contributed by atoms with E-state index in [0.29, 0.717) is 22.7 Å². The van der Waals surface area contributed by atoms with Gasteiger partial charge < -0.3 is 24.6 Å². The average molecular weight is 391 g/mol. The van der Waals surface area contributed by atoms with Gasteiger partial charge in [0.05, 0.1) is 30.9 Å². The molecule has 0 aliphatic carbocycles. The molecule has 0 radical (unpaired) electrons. The summed E-state index contributed by atoms with van der Waals surface area (Å²) >= 11 is 5.79. The van der Waals surface area contributed by atoms with E-state index >= 15 is 0 Å². The van der Waals surface area contributed by atoms with E-state index in [0.717, 1.165) is 0 Å². The number of aliphatic hydroxyl groups excluding tert-OH is 1. The molecule has 0 bridgehead atoms. The summed E-state index contributed by atoms with van der Waals surface area (Å²) in [6.45, 7) is 0.206. The monoisotopic (exact) mass is 390 g/mol. The highest BCUT2D eigenvalue weighted by molar-refractivity contribution is 6.29. The smallest absolute Gasteiger partial charge is 0.183 e. The summed E-state index contributed by atoms with van der Waals surface area (Å²) in [4.78, 5) is 0. The van der Waals surface area contributed by atoms with Gasteiger partial charge in [0, 0.05) is 19.8 Å². The van der Waals surface area contributed by atoms with Gasteiger partial charge in [-0.25, -0.2) is 0 Å². The van der Waals surface area contributed by atoms with E-state index < -0.39 is 17.7 Å². The molecule has 1 aromatic heterocycles. The fourth-order valence-electron chi connectivity index (χ4n) is 3.18. The first-order valence-corrected chi connectivity index (χ1v) is 8.55. The molecular formula is C18H19ClN4O4. The quantitative estimate of drug-likeness (QED) is 0.770. The predicted octanol–water partition coefficient (Wildman–Crippen LogP) is 1.94. The van der Waals surface area contributed by atoms with Crippen molar-refractivity contribution in [3.05, 3.63) is 46.6 Å². The number of ether oxygens (including phenoxy) is 3. The van der Waals surface area contributed by atoms with E-state index in [1.807, 2.05) is 0 Å². The van der Waals surface area contributed by atoms with Gasteiger partial charge in [-0.15, -0.1) is 10.2 Å². The highest BCUT2D eigenvalue weighted by Gasteiger charge is 2.50. The number of fused-ring (bicyclic) bond motifs is 1. The van der Waals surface area contributed by atoms with Crippen LogP contribution in [0.4, 0.5) is 5.82 Å². The van der Waals surface area contributed by atoms with Gasteiger partial charge in [0.25, 0.3) is 0 Å². The molecule has 8 nitrogen and oxygen atoms in total. The van der Waals surface area contributed by atoms with Crippen LogP contribution in [-0.2, 0) is 9.47 Å². The summed E-state index contributed by atoms with van der Waals surface area (Å²) in [5.41, 5.74) is -0.0620. The van der Waals surface area contributed by atoms with Crippen LogP contribution in [0.3, 0.4) is 0 Å². The summed E-state index contributed by atoms with van der Waals surface area (Å²) in [5.74, 6) is 0.940. The van der Waals surface area contributed by atoms with Gasteiger partial charge >= 0.3 is 0 Å². The number of hydrogen-bond donors (Lipinski definition) is 2. The lowest BCUT2D eigenvalue weighted by atomic mass is 9.84. The molecule has 0 saturated heterocycles. The van der Waals surface area contributed by atoms with Crippen LogP contribution in [0.5, 0.6) is 5.75 Å². The third-order valence-electron chi connectivity index (χ3n) is 4.35. The average Bonchev–Trinajstić information content (AvgIpc) is 2.67. The lowest BCUT2D eigenvalue weighted by molar-refractivity contribution is -0.142. The van der Waals surface area contributed by atoms with Gasteiger partial charge in [0.2, 0.25) is 0 Å². The van der Waals surface area contributed by atoms with E-state index in [4.69, 9.17) is 25.8 Å². The molecule has 0 fully saturated rings. The zero-order valence-electron chi connectivity index (χ0n) is 14.8. The first kappa shape index (κ1) is 19.3. The third kappa shape index (κ3) is 3.82. The zero-order chi connectivity index (χ0) is 19.4. The highest BCUT2D eigenvalue weighted by Crippen LogP contribution is 2.42. The van der Waals surface area contributed by atoms with Gasteiger partial charge in [0.1, 0.15) is 17.7 Å². The van der Waals surface area contributed by atoms with Crippen LogP contribution in [0.1, 0.15) is 17.2 Å². The van der Waals surface area contributed by atoms with E-state index in [9.17, 15) is 10.4 Å². The first-order chi connectivity index (χ1) is 13.0. The molecule has 27 heavy (non-hydrogen) atoms. The Morgan fingerprint density at radius 2 is 2.00 bits per heavy atom. The van der Waals surface area contributed by atoms with Crippen molar-refractivity contribution in [2.45, 2.75) is 17.7 Å². The summed E-state index contributed by atoms with van der Waals surface area (Å²) < 4.78 is 16.7. The summed E-state index contributed by atoms with van der Waals surface area (Å²) in [5, 5.41) is 31.6. The molecule has 1 aromatic carbocycles. The molecule has 9 heteroatoms. The zero-order valence-corrected chi connectivity index (χ0v) is 15.6. The molecule has 0 unspecified atom stereocenters. The minimum atomic E-state index is -1.14. The second kappa shape index (κ2) is 8.06. The maximum atomic E-state index is 11.2. The molecule has 3 rings (SSSR count). The van der Waals surface area contributed by atoms with Crippen molar-refractivity contribution in [3.63, 3.8) is 0 Å². The Balaban J connectivity index is 2.06. The highest BCUT2D eigenvalue weighted by atomic mass is 35.5. The van der Waals surface area contributed by atoms with Crippen LogP contribution < -0.4 is 10.1 Å². The Kier molecular flexibility index (Phi) is 5.77. The third-order valence-corrected chi connectivity index (χ3v) is 4.56. The van der Waals surface area contributed by atoms with Gasteiger partial charge in [-0.1, -0.05) is 11.6 Å². The molecule has 0 amide bonds. The minimum absolute atomic E-state index is 0.103. The fourth-order valence-corrected chi connectivity index (χ4v) is 3.28. The van der Waals surface area contributed by atoms with Crippen LogP contribution in [0.15, 0.2) is 30.3 Å². The molecule has 1 aliphatic rings. The minimum Gasteiger partial charge on any atom is -0.479 e. The summed E-state index contributed by atoms with van der Waals surface area (Å²) in [6, 6.07) is 9.72. The second-order valence-electron chi connectivity index (χ2n) is 6.21. The lowest BCUT2D eigenvalue weighted by Crippen LogP contribution is -2.60. The number of nitrogens with zero attached hydrogens (tertiary/aromatic N) is 3. The number of halogens is 1. The topological polar surface area (TPSA) is 110 Å². The predicted molar refractivity (Wildman–Crippen MR) is 97.7 cm³/mol. The number of nitrogens with one attached hydrogen (secondary N) is 1. The van der Waals surface area contributed by atoms with Gasteiger partial charge in [-0.3, -0.25) is 0 Å². The second-order valence-corrected chi connectivity index (χ2v) is 6.59. The Hall–Kier alpha value is -2.44. The molecule has 2 N–H and O–H groups in total. The number of hydrogen-bond acceptors (Lipinski definition) is 8. The summed E-state index contributed by atoms with van der Waals surface area (Å²) in [6.07, 6.45) is -1.06. The van der Waals surface area contributed by atoms with E-state index in [1.54, 1.807) is 30.3 Å². The first-order valence-electron chi connectivity index (χ1n) is 8.18. The summed E-state index contributed by atoms with van der Waals surface area (Å²) in [7, 11) is 3.05. The molecule has 2 atom stereocenters. The maximum Gasteiger partial charge on any atom is 0.183 e. The van der Waals surface area contributed by atoms with E-state index in [1.165, 1.54) is 14.2 Å². The maximum absolute atomic E-state index is 11.2. The number of methoxy groups -OCH3 is 2. The lowest BCUT2D eigenvalue weighted by Gasteiger charge is -2.45.